The van der Waals surface area contributed by atoms with Gasteiger partial charge in [0.05, 0.1) is 5.60 Å². The molecule has 0 aromatic carbocycles. The predicted molar refractivity (Wildman–Crippen MR) is 117 cm³/mol. The van der Waals surface area contributed by atoms with Crippen LogP contribution in [0.15, 0.2) is 54.9 Å². The minimum Gasteiger partial charge on any atom is -0.389 e. The third kappa shape index (κ3) is 5.29. The number of carbonyl (C=O) groups excluding carboxylic acids is 1. The van der Waals surface area contributed by atoms with E-state index in [1.54, 1.807) is 38.2 Å². The molecule has 176 valence electrons. The number of halogens is 3. The van der Waals surface area contributed by atoms with E-state index in [0.717, 1.165) is 6.07 Å². The van der Waals surface area contributed by atoms with Crippen LogP contribution in [0.5, 0.6) is 0 Å². The van der Waals surface area contributed by atoms with Crippen molar-refractivity contribution in [2.24, 2.45) is 0 Å². The Morgan fingerprint density at radius 1 is 1.12 bits per heavy atom. The van der Waals surface area contributed by atoms with Crippen LogP contribution >= 0.6 is 0 Å². The Labute approximate surface area is 191 Å². The molecule has 0 fully saturated rings. The van der Waals surface area contributed by atoms with Crippen LogP contribution in [0, 0.1) is 0 Å². The highest BCUT2D eigenvalue weighted by molar-refractivity contribution is 5.93. The summed E-state index contributed by atoms with van der Waals surface area (Å²) < 4.78 is 40.8. The standard InChI is InChI=1S/C22H20F3N7O2/c1-21(2,34)12-27-20(33)15-11-13(8-9-26-15)28-19-16-6-4-10-32(16)31-18(30-19)14-5-3-7-17(29-14)22(23,24)25/h3-11,34H,12H2,1-2H3,(H,27,33)(H,26,28,30,31). The van der Waals surface area contributed by atoms with Gasteiger partial charge < -0.3 is 15.7 Å². The first kappa shape index (κ1) is 23.1. The highest BCUT2D eigenvalue weighted by atomic mass is 19.4. The highest BCUT2D eigenvalue weighted by Gasteiger charge is 2.32. The fraction of sp³-hybridized carbons (Fsp3) is 0.227. The average molecular weight is 471 g/mol. The van der Waals surface area contributed by atoms with Crippen LogP contribution in [0.25, 0.3) is 17.0 Å². The number of anilines is 2. The van der Waals surface area contributed by atoms with E-state index in [1.807, 2.05) is 0 Å². The molecule has 0 saturated heterocycles. The number of aliphatic hydroxyl groups is 1. The number of aromatic nitrogens is 5. The Morgan fingerprint density at radius 2 is 1.91 bits per heavy atom. The van der Waals surface area contributed by atoms with Crippen LogP contribution in [0.1, 0.15) is 30.0 Å². The second-order valence-electron chi connectivity index (χ2n) is 8.08. The fourth-order valence-electron chi connectivity index (χ4n) is 3.01. The van der Waals surface area contributed by atoms with Crippen LogP contribution < -0.4 is 10.6 Å². The number of pyridine rings is 2. The summed E-state index contributed by atoms with van der Waals surface area (Å²) >= 11 is 0. The molecule has 0 aliphatic heterocycles. The molecule has 1 amide bonds. The topological polar surface area (TPSA) is 117 Å². The normalized spacial score (nSPS) is 12.1. The van der Waals surface area contributed by atoms with Crippen molar-refractivity contribution in [3.05, 3.63) is 66.2 Å². The van der Waals surface area contributed by atoms with E-state index in [9.17, 15) is 23.1 Å². The summed E-state index contributed by atoms with van der Waals surface area (Å²) in [5.41, 5.74) is -1.05. The van der Waals surface area contributed by atoms with Crippen molar-refractivity contribution in [2.45, 2.75) is 25.6 Å². The van der Waals surface area contributed by atoms with Crippen molar-refractivity contribution in [3.8, 4) is 11.5 Å². The molecule has 4 aromatic rings. The largest absolute Gasteiger partial charge is 0.433 e. The van der Waals surface area contributed by atoms with Crippen molar-refractivity contribution in [2.75, 3.05) is 11.9 Å². The molecule has 4 heterocycles. The van der Waals surface area contributed by atoms with Gasteiger partial charge in [-0.1, -0.05) is 6.07 Å². The van der Waals surface area contributed by atoms with E-state index in [2.05, 4.69) is 30.7 Å². The lowest BCUT2D eigenvalue weighted by molar-refractivity contribution is -0.141. The number of hydrogen-bond acceptors (Lipinski definition) is 7. The van der Waals surface area contributed by atoms with Gasteiger partial charge in [0.15, 0.2) is 5.82 Å². The van der Waals surface area contributed by atoms with Crippen LogP contribution in [-0.2, 0) is 6.18 Å². The summed E-state index contributed by atoms with van der Waals surface area (Å²) in [5.74, 6) is -0.201. The molecule has 4 aromatic heterocycles. The van der Waals surface area contributed by atoms with Gasteiger partial charge in [-0.15, -0.1) is 5.10 Å². The Morgan fingerprint density at radius 3 is 2.65 bits per heavy atom. The first-order valence-electron chi connectivity index (χ1n) is 10.1. The summed E-state index contributed by atoms with van der Waals surface area (Å²) in [4.78, 5) is 24.5. The smallest absolute Gasteiger partial charge is 0.389 e. The van der Waals surface area contributed by atoms with Crippen molar-refractivity contribution >= 4 is 22.9 Å². The van der Waals surface area contributed by atoms with Crippen LogP contribution in [-0.4, -0.2) is 47.7 Å². The Kier molecular flexibility index (Phi) is 5.92. The Hall–Kier alpha value is -4.06. The molecular formula is C22H20F3N7O2. The molecule has 12 heteroatoms. The summed E-state index contributed by atoms with van der Waals surface area (Å²) in [6.07, 6.45) is -1.55. The quantitative estimate of drug-likeness (QED) is 0.394. The van der Waals surface area contributed by atoms with Crippen molar-refractivity contribution in [1.82, 2.24) is 29.9 Å². The maximum absolute atomic E-state index is 13.1. The molecule has 9 nitrogen and oxygen atoms in total. The third-order valence-corrected chi connectivity index (χ3v) is 4.60. The lowest BCUT2D eigenvalue weighted by Crippen LogP contribution is -2.38. The fourth-order valence-corrected chi connectivity index (χ4v) is 3.01. The van der Waals surface area contributed by atoms with Crippen LogP contribution in [0.2, 0.25) is 0 Å². The number of hydrogen-bond donors (Lipinski definition) is 3. The summed E-state index contributed by atoms with van der Waals surface area (Å²) in [6.45, 7) is 3.16. The number of nitrogens with zero attached hydrogens (tertiary/aromatic N) is 5. The van der Waals surface area contributed by atoms with E-state index in [-0.39, 0.29) is 23.8 Å². The molecule has 34 heavy (non-hydrogen) atoms. The van der Waals surface area contributed by atoms with Crippen molar-refractivity contribution in [1.29, 1.82) is 0 Å². The van der Waals surface area contributed by atoms with E-state index < -0.39 is 23.4 Å². The monoisotopic (exact) mass is 471 g/mol. The number of nitrogens with one attached hydrogen (secondary N) is 2. The Bertz CT molecular complexity index is 1350. The van der Waals surface area contributed by atoms with Gasteiger partial charge in [-0.3, -0.25) is 9.78 Å². The zero-order valence-corrected chi connectivity index (χ0v) is 18.1. The maximum Gasteiger partial charge on any atom is 0.433 e. The highest BCUT2D eigenvalue weighted by Crippen LogP contribution is 2.29. The predicted octanol–water partition coefficient (Wildman–Crippen LogP) is 3.45. The molecule has 0 unspecified atom stereocenters. The minimum atomic E-state index is -4.60. The van der Waals surface area contributed by atoms with Gasteiger partial charge in [0.25, 0.3) is 5.91 Å². The molecule has 0 radical (unpaired) electrons. The molecule has 0 aliphatic rings. The first-order chi connectivity index (χ1) is 16.0. The second-order valence-corrected chi connectivity index (χ2v) is 8.08. The van der Waals surface area contributed by atoms with Gasteiger partial charge in [-0.2, -0.15) is 13.2 Å². The van der Waals surface area contributed by atoms with E-state index >= 15 is 0 Å². The first-order valence-corrected chi connectivity index (χ1v) is 10.1. The molecule has 0 aliphatic carbocycles. The van der Waals surface area contributed by atoms with Gasteiger partial charge in [0, 0.05) is 24.6 Å². The third-order valence-electron chi connectivity index (χ3n) is 4.60. The Balaban J connectivity index is 1.66. The zero-order valence-electron chi connectivity index (χ0n) is 18.1. The number of rotatable bonds is 6. The van der Waals surface area contributed by atoms with Crippen LogP contribution in [0.3, 0.4) is 0 Å². The van der Waals surface area contributed by atoms with E-state index in [1.165, 1.54) is 28.9 Å². The number of fused-ring (bicyclic) bond motifs is 1. The number of carbonyl (C=O) groups is 1. The summed E-state index contributed by atoms with van der Waals surface area (Å²) in [5, 5.41) is 19.7. The molecular weight excluding hydrogens is 451 g/mol. The average Bonchev–Trinajstić information content (AvgIpc) is 3.26. The van der Waals surface area contributed by atoms with E-state index in [4.69, 9.17) is 0 Å². The van der Waals surface area contributed by atoms with Crippen molar-refractivity contribution < 1.29 is 23.1 Å². The number of alkyl halides is 3. The summed E-state index contributed by atoms with van der Waals surface area (Å²) in [6, 6.07) is 10.0. The molecule has 0 saturated carbocycles. The lowest BCUT2D eigenvalue weighted by atomic mass is 10.1. The zero-order chi connectivity index (χ0) is 24.5. The minimum absolute atomic E-state index is 0.0190. The second kappa shape index (κ2) is 8.71. The van der Waals surface area contributed by atoms with Crippen LogP contribution in [0.4, 0.5) is 24.7 Å². The van der Waals surface area contributed by atoms with Gasteiger partial charge in [0.1, 0.15) is 22.6 Å². The summed E-state index contributed by atoms with van der Waals surface area (Å²) in [7, 11) is 0. The number of amides is 1. The van der Waals surface area contributed by atoms with Gasteiger partial charge in [-0.05, 0) is 50.2 Å². The molecule has 4 rings (SSSR count). The van der Waals surface area contributed by atoms with Gasteiger partial charge >= 0.3 is 6.18 Å². The maximum atomic E-state index is 13.1. The van der Waals surface area contributed by atoms with E-state index in [0.29, 0.717) is 17.0 Å². The molecule has 0 bridgehead atoms. The molecule has 3 N–H and O–H groups in total. The lowest BCUT2D eigenvalue weighted by Gasteiger charge is -2.17. The SMILES string of the molecule is CC(C)(O)CNC(=O)c1cc(Nc2nc(-c3cccc(C(F)(F)F)n3)nn3cccc23)ccn1. The van der Waals surface area contributed by atoms with Gasteiger partial charge in [0.2, 0.25) is 5.82 Å². The van der Waals surface area contributed by atoms with Crippen molar-refractivity contribution in [3.63, 3.8) is 0 Å². The van der Waals surface area contributed by atoms with Gasteiger partial charge in [-0.25, -0.2) is 14.5 Å². The molecule has 0 atom stereocenters. The molecule has 0 spiro atoms.